The number of benzene rings is 3. The van der Waals surface area contributed by atoms with E-state index in [4.69, 9.17) is 15.4 Å². The summed E-state index contributed by atoms with van der Waals surface area (Å²) >= 11 is 0. The van der Waals surface area contributed by atoms with Gasteiger partial charge in [-0.2, -0.15) is 0 Å². The first-order valence-electron chi connectivity index (χ1n) is 16.7. The summed E-state index contributed by atoms with van der Waals surface area (Å²) < 4.78 is 5.38. The molecule has 0 aromatic heterocycles. The highest BCUT2D eigenvalue weighted by Gasteiger charge is 2.56. The summed E-state index contributed by atoms with van der Waals surface area (Å²) in [5.74, 6) is -0.421. The van der Waals surface area contributed by atoms with Crippen molar-refractivity contribution >= 4 is 29.6 Å². The van der Waals surface area contributed by atoms with Gasteiger partial charge in [-0.1, -0.05) is 107 Å². The zero-order chi connectivity index (χ0) is 36.7. The Bertz CT molecular complexity index is 1550. The van der Waals surface area contributed by atoms with Crippen LogP contribution in [0.3, 0.4) is 0 Å². The summed E-state index contributed by atoms with van der Waals surface area (Å²) in [4.78, 5) is 75.6. The van der Waals surface area contributed by atoms with Crippen LogP contribution in [0.1, 0.15) is 68.9 Å². The zero-order valence-corrected chi connectivity index (χ0v) is 29.3. The standard InChI is InChI=1S/C38H49N5O7/c1-25(2)21-31(35(46)42-39)32(36(47)43-50-24-29-17-11-7-12-18-29)38(22-26(3)4,41-34(45)30-19-13-8-14-20-30)33(44)27(5)40-37(48)49-23-28-15-9-6-10-16-28/h6-20,25-27,31-32H,21-24,39H2,1-5H3,(H,40,48)(H,41,45)(H,42,46)(H,43,47)/t27-,31-,32+,38?/m1/s1. The average molecular weight is 688 g/mol. The quantitative estimate of drug-likeness (QED) is 0.0732. The summed E-state index contributed by atoms with van der Waals surface area (Å²) in [6.45, 7) is 8.75. The molecule has 6 N–H and O–H groups in total. The molecule has 4 atom stereocenters. The molecule has 0 radical (unpaired) electrons. The van der Waals surface area contributed by atoms with Gasteiger partial charge in [0.2, 0.25) is 11.8 Å². The summed E-state index contributed by atoms with van der Waals surface area (Å²) in [5.41, 5.74) is 4.28. The van der Waals surface area contributed by atoms with Crippen molar-refractivity contribution in [2.45, 2.75) is 72.3 Å². The van der Waals surface area contributed by atoms with Crippen molar-refractivity contribution in [1.82, 2.24) is 21.5 Å². The maximum atomic E-state index is 15.0. The minimum Gasteiger partial charge on any atom is -0.445 e. The zero-order valence-electron chi connectivity index (χ0n) is 29.3. The monoisotopic (exact) mass is 687 g/mol. The summed E-state index contributed by atoms with van der Waals surface area (Å²) in [6, 6.07) is 25.0. The van der Waals surface area contributed by atoms with Crippen LogP contribution in [0.4, 0.5) is 4.79 Å². The molecule has 0 aliphatic rings. The van der Waals surface area contributed by atoms with E-state index in [1.807, 2.05) is 64.1 Å². The van der Waals surface area contributed by atoms with Gasteiger partial charge >= 0.3 is 6.09 Å². The molecule has 0 aliphatic heterocycles. The van der Waals surface area contributed by atoms with Gasteiger partial charge in [-0.15, -0.1) is 0 Å². The SMILES string of the molecule is CC(C)C[C@@H](C(=O)NN)[C@@H](C(=O)NOCc1ccccc1)C(CC(C)C)(NC(=O)c1ccccc1)C(=O)[C@@H](C)NC(=O)OCc1ccccc1. The van der Waals surface area contributed by atoms with E-state index in [1.165, 1.54) is 6.92 Å². The molecule has 12 heteroatoms. The first-order chi connectivity index (χ1) is 23.9. The van der Waals surface area contributed by atoms with Gasteiger partial charge in [-0.25, -0.2) is 16.1 Å². The Morgan fingerprint density at radius 1 is 0.720 bits per heavy atom. The second-order valence-corrected chi connectivity index (χ2v) is 13.1. The van der Waals surface area contributed by atoms with Crippen molar-refractivity contribution in [2.75, 3.05) is 0 Å². The molecular formula is C38H49N5O7. The fourth-order valence-corrected chi connectivity index (χ4v) is 6.06. The van der Waals surface area contributed by atoms with Crippen LogP contribution in [0, 0.1) is 23.7 Å². The lowest BCUT2D eigenvalue weighted by molar-refractivity contribution is -0.153. The molecule has 0 bridgehead atoms. The molecule has 0 heterocycles. The molecule has 12 nitrogen and oxygen atoms in total. The van der Waals surface area contributed by atoms with Gasteiger partial charge < -0.3 is 15.4 Å². The number of rotatable bonds is 18. The summed E-state index contributed by atoms with van der Waals surface area (Å²) in [5, 5.41) is 5.47. The van der Waals surface area contributed by atoms with Gasteiger partial charge in [0.15, 0.2) is 5.78 Å². The van der Waals surface area contributed by atoms with Crippen molar-refractivity contribution in [3.63, 3.8) is 0 Å². The molecule has 268 valence electrons. The van der Waals surface area contributed by atoms with Crippen molar-refractivity contribution in [1.29, 1.82) is 0 Å². The number of ketones is 1. The van der Waals surface area contributed by atoms with Gasteiger partial charge in [-0.05, 0) is 54.9 Å². The number of hydrogen-bond acceptors (Lipinski definition) is 8. The van der Waals surface area contributed by atoms with Crippen LogP contribution in [0.2, 0.25) is 0 Å². The van der Waals surface area contributed by atoms with Gasteiger partial charge in [-0.3, -0.25) is 29.4 Å². The van der Waals surface area contributed by atoms with E-state index < -0.39 is 53.0 Å². The highest BCUT2D eigenvalue weighted by Crippen LogP contribution is 2.37. The highest BCUT2D eigenvalue weighted by molar-refractivity contribution is 6.05. The predicted octanol–water partition coefficient (Wildman–Crippen LogP) is 4.60. The van der Waals surface area contributed by atoms with E-state index in [2.05, 4.69) is 21.5 Å². The molecule has 0 aliphatic carbocycles. The number of Topliss-reactive ketones (excluding diaryl/α,β-unsaturated/α-hetero) is 1. The number of amides is 4. The third-order valence-corrected chi connectivity index (χ3v) is 8.16. The lowest BCUT2D eigenvalue weighted by Crippen LogP contribution is -2.69. The van der Waals surface area contributed by atoms with Crippen LogP contribution < -0.4 is 27.4 Å². The van der Waals surface area contributed by atoms with Crippen LogP contribution in [0.25, 0.3) is 0 Å². The summed E-state index contributed by atoms with van der Waals surface area (Å²) in [7, 11) is 0. The third kappa shape index (κ3) is 11.2. The van der Waals surface area contributed by atoms with Crippen LogP contribution in [0.15, 0.2) is 91.0 Å². The number of carbonyl (C=O) groups excluding carboxylic acids is 5. The van der Waals surface area contributed by atoms with Crippen molar-refractivity contribution < 1.29 is 33.5 Å². The minimum atomic E-state index is -2.06. The molecule has 0 spiro atoms. The maximum absolute atomic E-state index is 15.0. The third-order valence-electron chi connectivity index (χ3n) is 8.16. The molecule has 1 unspecified atom stereocenters. The Kier molecular flexibility index (Phi) is 15.1. The van der Waals surface area contributed by atoms with Crippen LogP contribution in [-0.4, -0.2) is 41.2 Å². The smallest absolute Gasteiger partial charge is 0.408 e. The number of ether oxygens (including phenoxy) is 1. The number of hydrogen-bond donors (Lipinski definition) is 5. The number of carbonyl (C=O) groups is 5. The first-order valence-corrected chi connectivity index (χ1v) is 16.7. The highest BCUT2D eigenvalue weighted by atomic mass is 16.6. The van der Waals surface area contributed by atoms with Crippen molar-refractivity contribution in [2.24, 2.45) is 29.5 Å². The molecule has 3 aromatic carbocycles. The van der Waals surface area contributed by atoms with Gasteiger partial charge in [0.1, 0.15) is 12.1 Å². The van der Waals surface area contributed by atoms with Gasteiger partial charge in [0.25, 0.3) is 5.91 Å². The van der Waals surface area contributed by atoms with Gasteiger partial charge in [0, 0.05) is 5.56 Å². The van der Waals surface area contributed by atoms with Crippen LogP contribution in [-0.2, 0) is 37.2 Å². The van der Waals surface area contributed by atoms with Crippen LogP contribution >= 0.6 is 0 Å². The molecule has 50 heavy (non-hydrogen) atoms. The number of hydrazine groups is 1. The largest absolute Gasteiger partial charge is 0.445 e. The first kappa shape index (κ1) is 39.4. The van der Waals surface area contributed by atoms with Crippen molar-refractivity contribution in [3.8, 4) is 0 Å². The lowest BCUT2D eigenvalue weighted by Gasteiger charge is -2.44. The minimum absolute atomic E-state index is 0.00997. The maximum Gasteiger partial charge on any atom is 0.408 e. The molecule has 3 aromatic rings. The summed E-state index contributed by atoms with van der Waals surface area (Å²) in [6.07, 6.45) is -0.846. The molecular weight excluding hydrogens is 638 g/mol. The Morgan fingerprint density at radius 2 is 1.26 bits per heavy atom. The molecule has 0 fully saturated rings. The Balaban J connectivity index is 2.13. The molecule has 0 saturated heterocycles. The lowest BCUT2D eigenvalue weighted by atomic mass is 9.65. The van der Waals surface area contributed by atoms with Crippen molar-refractivity contribution in [3.05, 3.63) is 108 Å². The fraction of sp³-hybridized carbons (Fsp3) is 0.395. The Morgan fingerprint density at radius 3 is 1.78 bits per heavy atom. The Labute approximate surface area is 293 Å². The van der Waals surface area contributed by atoms with Gasteiger partial charge in [0.05, 0.1) is 24.5 Å². The second kappa shape index (κ2) is 19.2. The fourth-order valence-electron chi connectivity index (χ4n) is 6.06. The van der Waals surface area contributed by atoms with E-state index in [9.17, 15) is 24.0 Å². The number of nitrogens with two attached hydrogens (primary N) is 1. The van der Waals surface area contributed by atoms with E-state index in [0.29, 0.717) is 0 Å². The average Bonchev–Trinajstić information content (AvgIpc) is 3.10. The number of hydroxylamine groups is 1. The number of alkyl carbamates (subject to hydrolysis) is 1. The Hall–Kier alpha value is -5.07. The normalized spacial score (nSPS) is 14.1. The van der Waals surface area contributed by atoms with E-state index in [-0.39, 0.29) is 43.5 Å². The van der Waals surface area contributed by atoms with E-state index in [0.717, 1.165) is 11.1 Å². The van der Waals surface area contributed by atoms with E-state index in [1.54, 1.807) is 54.6 Å². The molecule has 4 amide bonds. The molecule has 0 saturated carbocycles. The number of nitrogens with one attached hydrogen (secondary N) is 4. The topological polar surface area (TPSA) is 178 Å². The van der Waals surface area contributed by atoms with E-state index >= 15 is 0 Å². The molecule has 3 rings (SSSR count). The predicted molar refractivity (Wildman–Crippen MR) is 188 cm³/mol. The van der Waals surface area contributed by atoms with Crippen LogP contribution in [0.5, 0.6) is 0 Å². The second-order valence-electron chi connectivity index (χ2n) is 13.1.